The summed E-state index contributed by atoms with van der Waals surface area (Å²) < 4.78 is 2.18. The van der Waals surface area contributed by atoms with Gasteiger partial charge in [-0.1, -0.05) is 37.3 Å². The van der Waals surface area contributed by atoms with E-state index in [-0.39, 0.29) is 16.2 Å². The summed E-state index contributed by atoms with van der Waals surface area (Å²) in [7, 11) is 0. The maximum absolute atomic E-state index is 13.4. The molecule has 4 heterocycles. The van der Waals surface area contributed by atoms with Crippen molar-refractivity contribution in [3.05, 3.63) is 67.0 Å². The largest absolute Gasteiger partial charge is 0.371 e. The second-order valence-electron chi connectivity index (χ2n) is 10.6. The Bertz CT molecular complexity index is 1590. The van der Waals surface area contributed by atoms with E-state index in [0.717, 1.165) is 74.1 Å². The first kappa shape index (κ1) is 23.9. The summed E-state index contributed by atoms with van der Waals surface area (Å²) in [6.07, 6.45) is 6.06. The number of rotatable bonds is 4. The van der Waals surface area contributed by atoms with E-state index in [1.54, 1.807) is 10.5 Å². The zero-order valence-electron chi connectivity index (χ0n) is 21.2. The number of benzene rings is 2. The van der Waals surface area contributed by atoms with Gasteiger partial charge in [-0.05, 0) is 61.8 Å². The Kier molecular flexibility index (Phi) is 6.10. The Morgan fingerprint density at radius 1 is 0.973 bits per heavy atom. The van der Waals surface area contributed by atoms with Crippen molar-refractivity contribution in [2.24, 2.45) is 11.8 Å². The van der Waals surface area contributed by atoms with Crippen molar-refractivity contribution in [2.45, 2.75) is 39.5 Å². The van der Waals surface area contributed by atoms with E-state index in [2.05, 4.69) is 28.6 Å². The van der Waals surface area contributed by atoms with E-state index in [4.69, 9.17) is 0 Å². The first-order valence-electron chi connectivity index (χ1n) is 13.1. The minimum atomic E-state index is -0.278. The predicted molar refractivity (Wildman–Crippen MR) is 150 cm³/mol. The van der Waals surface area contributed by atoms with Gasteiger partial charge < -0.3 is 9.80 Å². The number of hydrogen-bond donors (Lipinski definition) is 0. The molecule has 0 saturated carbocycles. The average Bonchev–Trinajstić information content (AvgIpc) is 3.40. The monoisotopic (exact) mass is 517 g/mol. The van der Waals surface area contributed by atoms with Gasteiger partial charge in [0.25, 0.3) is 11.2 Å². The van der Waals surface area contributed by atoms with Crippen LogP contribution in [0.3, 0.4) is 0 Å². The number of fused-ring (bicyclic) bond motifs is 3. The first-order chi connectivity index (χ1) is 17.9. The van der Waals surface area contributed by atoms with Gasteiger partial charge in [-0.2, -0.15) is 0 Å². The number of nitrogens with zero attached hydrogens (tertiary/aromatic N) is 5. The van der Waals surface area contributed by atoms with Crippen LogP contribution in [-0.2, 0) is 0 Å². The Hall–Kier alpha value is -3.46. The molecule has 8 nitrogen and oxygen atoms in total. The molecule has 0 aliphatic carbocycles. The van der Waals surface area contributed by atoms with Crippen molar-refractivity contribution in [2.75, 3.05) is 36.0 Å². The molecule has 37 heavy (non-hydrogen) atoms. The summed E-state index contributed by atoms with van der Waals surface area (Å²) in [4.78, 5) is 35.2. The number of para-hydroxylation sites is 2. The van der Waals surface area contributed by atoms with E-state index in [9.17, 15) is 14.9 Å². The van der Waals surface area contributed by atoms with Gasteiger partial charge in [-0.25, -0.2) is 9.38 Å². The van der Waals surface area contributed by atoms with Crippen molar-refractivity contribution in [3.63, 3.8) is 0 Å². The second-order valence-corrected chi connectivity index (χ2v) is 11.6. The predicted octanol–water partition coefficient (Wildman–Crippen LogP) is 4.84. The maximum atomic E-state index is 13.4. The van der Waals surface area contributed by atoms with Gasteiger partial charge in [0.05, 0.1) is 20.5 Å². The van der Waals surface area contributed by atoms with Crippen LogP contribution in [0.25, 0.3) is 22.1 Å². The lowest BCUT2D eigenvalue weighted by Gasteiger charge is -2.35. The second kappa shape index (κ2) is 9.45. The van der Waals surface area contributed by atoms with Crippen LogP contribution in [0.5, 0.6) is 0 Å². The molecule has 0 amide bonds. The fourth-order valence-electron chi connectivity index (χ4n) is 5.62. The number of nitro benzene ring substituents is 1. The highest BCUT2D eigenvalue weighted by Gasteiger charge is 2.28. The van der Waals surface area contributed by atoms with Crippen LogP contribution >= 0.6 is 11.3 Å². The third kappa shape index (κ3) is 4.35. The number of imidazole rings is 1. The van der Waals surface area contributed by atoms with Crippen molar-refractivity contribution in [3.8, 4) is 0 Å². The van der Waals surface area contributed by atoms with Crippen LogP contribution in [0, 0.1) is 22.0 Å². The molecule has 2 fully saturated rings. The van der Waals surface area contributed by atoms with Crippen LogP contribution in [0.4, 0.5) is 17.1 Å². The number of aromatic nitrogens is 2. The molecule has 0 N–H and O–H groups in total. The molecule has 0 unspecified atom stereocenters. The van der Waals surface area contributed by atoms with Crippen molar-refractivity contribution >= 4 is 50.5 Å². The minimum absolute atomic E-state index is 0.106. The summed E-state index contributed by atoms with van der Waals surface area (Å²) in [5.74, 6) is 1.30. The normalized spacial score (nSPS) is 18.4. The molecular weight excluding hydrogens is 486 g/mol. The molecule has 2 aromatic heterocycles. The summed E-state index contributed by atoms with van der Waals surface area (Å²) >= 11 is 1.33. The molecular formula is C28H31N5O3S. The van der Waals surface area contributed by atoms with Gasteiger partial charge in [-0.15, -0.1) is 0 Å². The number of thiazole rings is 1. The topological polar surface area (TPSA) is 84.0 Å². The lowest BCUT2D eigenvalue weighted by atomic mass is 9.96. The van der Waals surface area contributed by atoms with Crippen molar-refractivity contribution < 1.29 is 4.92 Å². The van der Waals surface area contributed by atoms with Crippen molar-refractivity contribution in [1.29, 1.82) is 0 Å². The Morgan fingerprint density at radius 2 is 1.59 bits per heavy atom. The quantitative estimate of drug-likeness (QED) is 0.285. The molecule has 0 spiro atoms. The summed E-state index contributed by atoms with van der Waals surface area (Å²) in [5, 5.41) is 12.3. The highest BCUT2D eigenvalue weighted by atomic mass is 32.1. The van der Waals surface area contributed by atoms with Gasteiger partial charge in [-0.3, -0.25) is 14.9 Å². The third-order valence-electron chi connectivity index (χ3n) is 8.00. The fraction of sp³-hybridized carbons (Fsp3) is 0.429. The molecule has 9 heteroatoms. The first-order valence-corrected chi connectivity index (χ1v) is 13.9. The number of anilines is 2. The van der Waals surface area contributed by atoms with Gasteiger partial charge >= 0.3 is 0 Å². The van der Waals surface area contributed by atoms with Gasteiger partial charge in [0.2, 0.25) is 0 Å². The van der Waals surface area contributed by atoms with Gasteiger partial charge in [0.15, 0.2) is 4.96 Å². The average molecular weight is 518 g/mol. The zero-order chi connectivity index (χ0) is 25.7. The van der Waals surface area contributed by atoms with E-state index >= 15 is 0 Å². The molecule has 2 aliphatic heterocycles. The molecule has 192 valence electrons. The molecule has 6 rings (SSSR count). The van der Waals surface area contributed by atoms with Crippen LogP contribution in [0.15, 0.2) is 41.2 Å². The minimum Gasteiger partial charge on any atom is -0.371 e. The Labute approximate surface area is 219 Å². The highest BCUT2D eigenvalue weighted by Crippen LogP contribution is 2.39. The van der Waals surface area contributed by atoms with Crippen LogP contribution in [0.2, 0.25) is 0 Å². The summed E-state index contributed by atoms with van der Waals surface area (Å²) in [5.41, 5.74) is 3.93. The molecule has 2 saturated heterocycles. The summed E-state index contributed by atoms with van der Waals surface area (Å²) in [6.45, 7) is 7.96. The summed E-state index contributed by atoms with van der Waals surface area (Å²) in [6, 6.07) is 11.3. The fourth-order valence-corrected chi connectivity index (χ4v) is 6.60. The smallest absolute Gasteiger partial charge is 0.293 e. The van der Waals surface area contributed by atoms with E-state index in [1.807, 2.05) is 36.4 Å². The van der Waals surface area contributed by atoms with Crippen LogP contribution < -0.4 is 19.9 Å². The Morgan fingerprint density at radius 3 is 2.24 bits per heavy atom. The third-order valence-corrected chi connectivity index (χ3v) is 8.97. The number of piperidine rings is 2. The lowest BCUT2D eigenvalue weighted by molar-refractivity contribution is -0.384. The van der Waals surface area contributed by atoms with Crippen molar-refractivity contribution in [1.82, 2.24) is 9.38 Å². The van der Waals surface area contributed by atoms with E-state index < -0.39 is 0 Å². The van der Waals surface area contributed by atoms with Gasteiger partial charge in [0.1, 0.15) is 5.69 Å². The maximum Gasteiger partial charge on any atom is 0.293 e. The number of hydrogen-bond acceptors (Lipinski definition) is 7. The standard InChI is InChI=1S/C28H31N5O3S/c1-18-7-11-30(12-8-18)23-17-24(31-13-9-19(2)10-14-31)25(33(35)36)15-20(23)16-26-27(34)32-22-6-4-3-5-21(22)29-28(32)37-26/h3-6,15-19H,7-14H2,1-2H3. The molecule has 2 aromatic carbocycles. The molecule has 2 aliphatic rings. The van der Waals surface area contributed by atoms with Crippen LogP contribution in [0.1, 0.15) is 45.1 Å². The van der Waals surface area contributed by atoms with E-state index in [0.29, 0.717) is 27.0 Å². The molecule has 0 radical (unpaired) electrons. The Balaban J connectivity index is 1.52. The molecule has 4 aromatic rings. The van der Waals surface area contributed by atoms with E-state index in [1.165, 1.54) is 11.3 Å². The SMILES string of the molecule is CC1CCN(c2cc(N3CCC(C)CC3)c([N+](=O)[O-])cc2C=c2sc3nc4ccccc4n3c2=O)CC1. The lowest BCUT2D eigenvalue weighted by Crippen LogP contribution is -2.35. The number of nitro groups is 1. The molecule has 0 atom stereocenters. The van der Waals surface area contributed by atoms with Gasteiger partial charge in [0, 0.05) is 43.5 Å². The highest BCUT2D eigenvalue weighted by molar-refractivity contribution is 7.15. The molecule has 0 bridgehead atoms. The van der Waals surface area contributed by atoms with Crippen LogP contribution in [-0.4, -0.2) is 40.5 Å². The zero-order valence-corrected chi connectivity index (χ0v) is 22.0.